The third-order valence-electron chi connectivity index (χ3n) is 2.99. The number of para-hydroxylation sites is 1. The van der Waals surface area contributed by atoms with E-state index in [1.807, 2.05) is 24.5 Å². The van der Waals surface area contributed by atoms with Crippen molar-refractivity contribution < 1.29 is 9.52 Å². The molecule has 92 valence electrons. The molecule has 0 spiro atoms. The van der Waals surface area contributed by atoms with Crippen molar-refractivity contribution in [3.63, 3.8) is 0 Å². The van der Waals surface area contributed by atoms with Crippen molar-refractivity contribution in [1.29, 1.82) is 0 Å². The SMILES string of the molecule is CC(CCO)CNCc1coc2ccccc12. The molecule has 1 aromatic heterocycles. The molecule has 0 aliphatic heterocycles. The average molecular weight is 233 g/mol. The topological polar surface area (TPSA) is 45.4 Å². The fourth-order valence-corrected chi connectivity index (χ4v) is 1.95. The zero-order valence-electron chi connectivity index (χ0n) is 10.1. The molecule has 0 radical (unpaired) electrons. The summed E-state index contributed by atoms with van der Waals surface area (Å²) in [5, 5.41) is 13.4. The van der Waals surface area contributed by atoms with E-state index in [1.165, 1.54) is 10.9 Å². The summed E-state index contributed by atoms with van der Waals surface area (Å²) in [6.45, 7) is 4.13. The number of hydrogen-bond donors (Lipinski definition) is 2. The number of fused-ring (bicyclic) bond motifs is 1. The molecule has 0 amide bonds. The highest BCUT2D eigenvalue weighted by molar-refractivity contribution is 5.80. The Hall–Kier alpha value is -1.32. The first-order chi connectivity index (χ1) is 8.31. The maximum Gasteiger partial charge on any atom is 0.134 e. The summed E-state index contributed by atoms with van der Waals surface area (Å²) in [7, 11) is 0. The lowest BCUT2D eigenvalue weighted by molar-refractivity contribution is 0.260. The van der Waals surface area contributed by atoms with Crippen molar-refractivity contribution in [2.24, 2.45) is 5.92 Å². The van der Waals surface area contributed by atoms with Crippen LogP contribution in [-0.2, 0) is 6.54 Å². The molecule has 0 bridgehead atoms. The standard InChI is InChI=1S/C14H19NO2/c1-11(6-7-16)8-15-9-12-10-17-14-5-3-2-4-13(12)14/h2-5,10-11,15-16H,6-9H2,1H3. The first kappa shape index (κ1) is 12.1. The fraction of sp³-hybridized carbons (Fsp3) is 0.429. The van der Waals surface area contributed by atoms with Crippen LogP contribution in [0.2, 0.25) is 0 Å². The van der Waals surface area contributed by atoms with Gasteiger partial charge in [-0.2, -0.15) is 0 Å². The normalized spacial score (nSPS) is 13.1. The van der Waals surface area contributed by atoms with Gasteiger partial charge in [0.15, 0.2) is 0 Å². The van der Waals surface area contributed by atoms with Gasteiger partial charge < -0.3 is 14.8 Å². The van der Waals surface area contributed by atoms with Crippen molar-refractivity contribution in [1.82, 2.24) is 5.32 Å². The van der Waals surface area contributed by atoms with Crippen LogP contribution in [0.5, 0.6) is 0 Å². The molecule has 1 heterocycles. The number of hydrogen-bond acceptors (Lipinski definition) is 3. The average Bonchev–Trinajstić information content (AvgIpc) is 2.73. The Morgan fingerprint density at radius 1 is 1.35 bits per heavy atom. The highest BCUT2D eigenvalue weighted by Gasteiger charge is 2.05. The zero-order chi connectivity index (χ0) is 12.1. The van der Waals surface area contributed by atoms with Crippen molar-refractivity contribution in [3.8, 4) is 0 Å². The summed E-state index contributed by atoms with van der Waals surface area (Å²) < 4.78 is 5.47. The van der Waals surface area contributed by atoms with Gasteiger partial charge in [0, 0.05) is 24.1 Å². The highest BCUT2D eigenvalue weighted by atomic mass is 16.3. The predicted molar refractivity (Wildman–Crippen MR) is 68.8 cm³/mol. The van der Waals surface area contributed by atoms with Crippen LogP contribution in [0.3, 0.4) is 0 Å². The van der Waals surface area contributed by atoms with Gasteiger partial charge in [0.25, 0.3) is 0 Å². The smallest absolute Gasteiger partial charge is 0.134 e. The van der Waals surface area contributed by atoms with Gasteiger partial charge in [-0.1, -0.05) is 25.1 Å². The fourth-order valence-electron chi connectivity index (χ4n) is 1.95. The van der Waals surface area contributed by atoms with Gasteiger partial charge in [0.05, 0.1) is 6.26 Å². The summed E-state index contributed by atoms with van der Waals surface area (Å²) in [4.78, 5) is 0. The molecular weight excluding hydrogens is 214 g/mol. The number of aliphatic hydroxyl groups excluding tert-OH is 1. The summed E-state index contributed by atoms with van der Waals surface area (Å²) in [6, 6.07) is 8.06. The van der Waals surface area contributed by atoms with Crippen LogP contribution in [0.25, 0.3) is 11.0 Å². The Labute approximate surface area is 101 Å². The number of rotatable bonds is 6. The van der Waals surface area contributed by atoms with Gasteiger partial charge in [-0.3, -0.25) is 0 Å². The molecule has 2 N–H and O–H groups in total. The summed E-state index contributed by atoms with van der Waals surface area (Å²) in [5.74, 6) is 0.498. The molecule has 1 unspecified atom stereocenters. The Balaban J connectivity index is 1.91. The van der Waals surface area contributed by atoms with Crippen molar-refractivity contribution >= 4 is 11.0 Å². The lowest BCUT2D eigenvalue weighted by atomic mass is 10.1. The van der Waals surface area contributed by atoms with E-state index in [1.54, 1.807) is 0 Å². The van der Waals surface area contributed by atoms with E-state index in [-0.39, 0.29) is 6.61 Å². The Morgan fingerprint density at radius 3 is 3.00 bits per heavy atom. The van der Waals surface area contributed by atoms with Crippen molar-refractivity contribution in [2.75, 3.05) is 13.2 Å². The molecule has 0 saturated heterocycles. The van der Waals surface area contributed by atoms with E-state index in [4.69, 9.17) is 9.52 Å². The van der Waals surface area contributed by atoms with E-state index in [0.717, 1.165) is 25.1 Å². The van der Waals surface area contributed by atoms with Gasteiger partial charge in [-0.25, -0.2) is 0 Å². The second-order valence-electron chi connectivity index (χ2n) is 4.51. The van der Waals surface area contributed by atoms with E-state index >= 15 is 0 Å². The number of furan rings is 1. The highest BCUT2D eigenvalue weighted by Crippen LogP contribution is 2.20. The second-order valence-corrected chi connectivity index (χ2v) is 4.51. The van der Waals surface area contributed by atoms with Gasteiger partial charge >= 0.3 is 0 Å². The van der Waals surface area contributed by atoms with E-state index < -0.39 is 0 Å². The minimum absolute atomic E-state index is 0.261. The van der Waals surface area contributed by atoms with Crippen molar-refractivity contribution in [3.05, 3.63) is 36.1 Å². The monoisotopic (exact) mass is 233 g/mol. The first-order valence-electron chi connectivity index (χ1n) is 6.08. The molecule has 3 heteroatoms. The van der Waals surface area contributed by atoms with Crippen molar-refractivity contribution in [2.45, 2.75) is 19.9 Å². The number of nitrogens with one attached hydrogen (secondary N) is 1. The third-order valence-corrected chi connectivity index (χ3v) is 2.99. The molecule has 3 nitrogen and oxygen atoms in total. The minimum atomic E-state index is 0.261. The van der Waals surface area contributed by atoms with Crippen LogP contribution in [0.4, 0.5) is 0 Å². The lowest BCUT2D eigenvalue weighted by Gasteiger charge is -2.10. The summed E-state index contributed by atoms with van der Waals surface area (Å²) >= 11 is 0. The molecule has 1 aromatic carbocycles. The molecule has 0 aliphatic rings. The summed E-state index contributed by atoms with van der Waals surface area (Å²) in [5.41, 5.74) is 2.13. The maximum absolute atomic E-state index is 8.82. The third kappa shape index (κ3) is 3.08. The summed E-state index contributed by atoms with van der Waals surface area (Å²) in [6.07, 6.45) is 2.66. The first-order valence-corrected chi connectivity index (χ1v) is 6.08. The minimum Gasteiger partial charge on any atom is -0.464 e. The molecule has 1 atom stereocenters. The zero-order valence-corrected chi connectivity index (χ0v) is 10.1. The van der Waals surface area contributed by atoms with Crippen LogP contribution >= 0.6 is 0 Å². The van der Waals surface area contributed by atoms with Crippen LogP contribution in [0.15, 0.2) is 34.9 Å². The lowest BCUT2D eigenvalue weighted by Crippen LogP contribution is -2.21. The molecule has 0 aliphatic carbocycles. The maximum atomic E-state index is 8.82. The van der Waals surface area contributed by atoms with E-state index in [2.05, 4.69) is 18.3 Å². The van der Waals surface area contributed by atoms with Crippen LogP contribution in [0.1, 0.15) is 18.9 Å². The number of aliphatic hydroxyl groups is 1. The Kier molecular flexibility index (Phi) is 4.18. The molecule has 0 fully saturated rings. The molecular formula is C14H19NO2. The molecule has 17 heavy (non-hydrogen) atoms. The van der Waals surface area contributed by atoms with E-state index in [9.17, 15) is 0 Å². The van der Waals surface area contributed by atoms with Crippen LogP contribution in [-0.4, -0.2) is 18.3 Å². The van der Waals surface area contributed by atoms with Gasteiger partial charge in [-0.05, 0) is 24.9 Å². The van der Waals surface area contributed by atoms with Crippen LogP contribution < -0.4 is 5.32 Å². The molecule has 2 aromatic rings. The second kappa shape index (κ2) is 5.84. The number of benzene rings is 1. The molecule has 0 saturated carbocycles. The van der Waals surface area contributed by atoms with Crippen LogP contribution in [0, 0.1) is 5.92 Å². The van der Waals surface area contributed by atoms with Gasteiger partial charge in [0.2, 0.25) is 0 Å². The Morgan fingerprint density at radius 2 is 2.18 bits per heavy atom. The van der Waals surface area contributed by atoms with Gasteiger partial charge in [0.1, 0.15) is 5.58 Å². The molecule has 2 rings (SSSR count). The Bertz CT molecular complexity index is 464. The quantitative estimate of drug-likeness (QED) is 0.806. The predicted octanol–water partition coefficient (Wildman–Crippen LogP) is 2.54. The largest absolute Gasteiger partial charge is 0.464 e. The van der Waals surface area contributed by atoms with Gasteiger partial charge in [-0.15, -0.1) is 0 Å². The van der Waals surface area contributed by atoms with E-state index in [0.29, 0.717) is 5.92 Å².